The summed E-state index contributed by atoms with van der Waals surface area (Å²) >= 11 is 3.67. The molecule has 3 heteroatoms. The van der Waals surface area contributed by atoms with E-state index in [1.54, 1.807) is 0 Å². The Morgan fingerprint density at radius 2 is 1.87 bits per heavy atom. The van der Waals surface area contributed by atoms with Gasteiger partial charge in [-0.05, 0) is 21.5 Å². The van der Waals surface area contributed by atoms with Gasteiger partial charge in [0, 0.05) is 28.8 Å². The molecule has 0 bridgehead atoms. The van der Waals surface area contributed by atoms with Crippen LogP contribution in [0.3, 0.4) is 0 Å². The Labute approximate surface area is 96.8 Å². The van der Waals surface area contributed by atoms with Crippen molar-refractivity contribution in [3.63, 3.8) is 0 Å². The molecule has 1 aliphatic heterocycles. The molecule has 2 nitrogen and oxygen atoms in total. The number of hydrogen-bond donors (Lipinski definition) is 2. The van der Waals surface area contributed by atoms with E-state index < -0.39 is 0 Å². The lowest BCUT2D eigenvalue weighted by atomic mass is 10.1. The van der Waals surface area contributed by atoms with Gasteiger partial charge in [0.05, 0.1) is 5.69 Å². The van der Waals surface area contributed by atoms with Crippen LogP contribution in [-0.4, -0.2) is 4.98 Å². The first-order chi connectivity index (χ1) is 7.36. The fourth-order valence-electron chi connectivity index (χ4n) is 2.02. The summed E-state index contributed by atoms with van der Waals surface area (Å²) in [4.78, 5) is 3.47. The third kappa shape index (κ3) is 1.43. The zero-order valence-electron chi connectivity index (χ0n) is 8.18. The molecule has 15 heavy (non-hydrogen) atoms. The predicted octanol–water partition coefficient (Wildman–Crippen LogP) is 3.05. The molecule has 0 unspecified atom stereocenters. The first kappa shape index (κ1) is 9.19. The molecular weight excluding hydrogens is 252 g/mol. The molecule has 3 rings (SSSR count). The predicted molar refractivity (Wildman–Crippen MR) is 64.5 cm³/mol. The van der Waals surface area contributed by atoms with Gasteiger partial charge in [0.1, 0.15) is 0 Å². The number of nitrogens with one attached hydrogen (secondary N) is 2. The molecule has 1 aromatic carbocycles. The summed E-state index contributed by atoms with van der Waals surface area (Å²) in [6.07, 6.45) is 0. The molecule has 1 aromatic heterocycles. The topological polar surface area (TPSA) is 27.8 Å². The summed E-state index contributed by atoms with van der Waals surface area (Å²) in [6, 6.07) is 10.4. The van der Waals surface area contributed by atoms with Crippen molar-refractivity contribution < 1.29 is 0 Å². The molecule has 76 valence electrons. The molecule has 0 aliphatic carbocycles. The van der Waals surface area contributed by atoms with Gasteiger partial charge in [-0.25, -0.2) is 0 Å². The van der Waals surface area contributed by atoms with Gasteiger partial charge < -0.3 is 10.3 Å². The summed E-state index contributed by atoms with van der Waals surface area (Å²) in [5, 5.41) is 3.33. The Hall–Kier alpha value is -1.06. The molecule has 0 spiro atoms. The number of benzene rings is 1. The molecule has 2 heterocycles. The Morgan fingerprint density at radius 3 is 2.60 bits per heavy atom. The van der Waals surface area contributed by atoms with E-state index in [0.717, 1.165) is 13.1 Å². The number of rotatable bonds is 1. The highest BCUT2D eigenvalue weighted by molar-refractivity contribution is 9.10. The standard InChI is InChI=1S/C12H11BrN2/c13-11-9-6-14-7-10(9)15-12(11)8-4-2-1-3-5-8/h1-5,14-15H,6-7H2. The quantitative estimate of drug-likeness (QED) is 0.813. The Kier molecular flexibility index (Phi) is 2.15. The van der Waals surface area contributed by atoms with Crippen LogP contribution in [0.2, 0.25) is 0 Å². The molecule has 0 radical (unpaired) electrons. The van der Waals surface area contributed by atoms with E-state index in [9.17, 15) is 0 Å². The normalized spacial score (nSPS) is 14.2. The lowest BCUT2D eigenvalue weighted by molar-refractivity contribution is 0.753. The van der Waals surface area contributed by atoms with Crippen LogP contribution in [0.25, 0.3) is 11.3 Å². The summed E-state index contributed by atoms with van der Waals surface area (Å²) in [5.41, 5.74) is 5.11. The van der Waals surface area contributed by atoms with Crippen LogP contribution < -0.4 is 5.32 Å². The van der Waals surface area contributed by atoms with Crippen LogP contribution in [-0.2, 0) is 13.1 Å². The number of aromatic amines is 1. The molecular formula is C12H11BrN2. The molecule has 0 fully saturated rings. The third-order valence-corrected chi connectivity index (χ3v) is 3.67. The molecule has 0 amide bonds. The van der Waals surface area contributed by atoms with E-state index in [4.69, 9.17) is 0 Å². The summed E-state index contributed by atoms with van der Waals surface area (Å²) in [5.74, 6) is 0. The number of fused-ring (bicyclic) bond motifs is 1. The fraction of sp³-hybridized carbons (Fsp3) is 0.167. The maximum absolute atomic E-state index is 3.67. The second-order valence-electron chi connectivity index (χ2n) is 3.74. The van der Waals surface area contributed by atoms with Gasteiger partial charge >= 0.3 is 0 Å². The number of halogens is 1. The number of hydrogen-bond acceptors (Lipinski definition) is 1. The average molecular weight is 263 g/mol. The van der Waals surface area contributed by atoms with E-state index in [0.29, 0.717) is 0 Å². The lowest BCUT2D eigenvalue weighted by Gasteiger charge is -2.00. The summed E-state index contributed by atoms with van der Waals surface area (Å²) in [7, 11) is 0. The minimum Gasteiger partial charge on any atom is -0.356 e. The van der Waals surface area contributed by atoms with E-state index in [1.165, 1.54) is 27.0 Å². The van der Waals surface area contributed by atoms with Crippen molar-refractivity contribution in [2.24, 2.45) is 0 Å². The molecule has 0 saturated heterocycles. The molecule has 1 aliphatic rings. The monoisotopic (exact) mass is 262 g/mol. The second kappa shape index (κ2) is 3.51. The van der Waals surface area contributed by atoms with Crippen LogP contribution in [0.1, 0.15) is 11.3 Å². The highest BCUT2D eigenvalue weighted by Gasteiger charge is 2.19. The minimum absolute atomic E-state index is 0.945. The van der Waals surface area contributed by atoms with Crippen molar-refractivity contribution in [2.45, 2.75) is 13.1 Å². The van der Waals surface area contributed by atoms with Gasteiger partial charge in [-0.3, -0.25) is 0 Å². The van der Waals surface area contributed by atoms with Gasteiger partial charge in [0.15, 0.2) is 0 Å². The van der Waals surface area contributed by atoms with Crippen molar-refractivity contribution in [3.8, 4) is 11.3 Å². The van der Waals surface area contributed by atoms with Crippen molar-refractivity contribution in [1.29, 1.82) is 0 Å². The lowest BCUT2D eigenvalue weighted by Crippen LogP contribution is -2.02. The summed E-state index contributed by atoms with van der Waals surface area (Å²) in [6.45, 7) is 1.90. The van der Waals surface area contributed by atoms with Crippen molar-refractivity contribution >= 4 is 15.9 Å². The van der Waals surface area contributed by atoms with Crippen molar-refractivity contribution in [3.05, 3.63) is 46.1 Å². The van der Waals surface area contributed by atoms with E-state index in [2.05, 4.69) is 50.5 Å². The van der Waals surface area contributed by atoms with Crippen LogP contribution in [0.5, 0.6) is 0 Å². The maximum Gasteiger partial charge on any atom is 0.0604 e. The molecule has 2 aromatic rings. The van der Waals surface area contributed by atoms with Crippen LogP contribution in [0, 0.1) is 0 Å². The Balaban J connectivity index is 2.14. The molecule has 2 N–H and O–H groups in total. The largest absolute Gasteiger partial charge is 0.356 e. The minimum atomic E-state index is 0.945. The Bertz CT molecular complexity index is 488. The van der Waals surface area contributed by atoms with Crippen molar-refractivity contribution in [1.82, 2.24) is 10.3 Å². The third-order valence-electron chi connectivity index (χ3n) is 2.79. The first-order valence-corrected chi connectivity index (χ1v) is 5.81. The van der Waals surface area contributed by atoms with Gasteiger partial charge in [-0.2, -0.15) is 0 Å². The van der Waals surface area contributed by atoms with Crippen LogP contribution in [0.4, 0.5) is 0 Å². The van der Waals surface area contributed by atoms with Crippen LogP contribution >= 0.6 is 15.9 Å². The maximum atomic E-state index is 3.67. The summed E-state index contributed by atoms with van der Waals surface area (Å²) < 4.78 is 1.20. The highest BCUT2D eigenvalue weighted by Crippen LogP contribution is 2.34. The van der Waals surface area contributed by atoms with Gasteiger partial charge in [-0.1, -0.05) is 30.3 Å². The first-order valence-electron chi connectivity index (χ1n) is 5.01. The zero-order chi connectivity index (χ0) is 10.3. The molecule has 0 saturated carbocycles. The zero-order valence-corrected chi connectivity index (χ0v) is 9.76. The van der Waals surface area contributed by atoms with E-state index >= 15 is 0 Å². The smallest absolute Gasteiger partial charge is 0.0604 e. The highest BCUT2D eigenvalue weighted by atomic mass is 79.9. The average Bonchev–Trinajstić information content (AvgIpc) is 2.83. The fourth-order valence-corrected chi connectivity index (χ4v) is 2.72. The SMILES string of the molecule is Brc1c(-c2ccccc2)[nH]c2c1CNC2. The molecule has 0 atom stereocenters. The number of H-pyrrole nitrogens is 1. The number of aromatic nitrogens is 1. The van der Waals surface area contributed by atoms with E-state index in [1.807, 2.05) is 6.07 Å². The second-order valence-corrected chi connectivity index (χ2v) is 4.53. The van der Waals surface area contributed by atoms with Gasteiger partial charge in [0.2, 0.25) is 0 Å². The van der Waals surface area contributed by atoms with E-state index in [-0.39, 0.29) is 0 Å². The van der Waals surface area contributed by atoms with Crippen LogP contribution in [0.15, 0.2) is 34.8 Å². The van der Waals surface area contributed by atoms with Gasteiger partial charge in [-0.15, -0.1) is 0 Å². The Morgan fingerprint density at radius 1 is 1.07 bits per heavy atom. The van der Waals surface area contributed by atoms with Gasteiger partial charge in [0.25, 0.3) is 0 Å². The van der Waals surface area contributed by atoms with Crippen molar-refractivity contribution in [2.75, 3.05) is 0 Å².